The first-order valence-electron chi connectivity index (χ1n) is 5.57. The third-order valence-electron chi connectivity index (χ3n) is 2.56. The maximum Gasteiger partial charge on any atom is 0.220 e. The molecule has 1 aromatic heterocycles. The van der Waals surface area contributed by atoms with E-state index in [1.54, 1.807) is 6.20 Å². The first-order chi connectivity index (χ1) is 7.63. The van der Waals surface area contributed by atoms with Gasteiger partial charge < -0.3 is 11.1 Å². The van der Waals surface area contributed by atoms with Crippen LogP contribution in [0.1, 0.15) is 19.0 Å². The van der Waals surface area contributed by atoms with E-state index in [0.29, 0.717) is 19.5 Å². The molecule has 16 heavy (non-hydrogen) atoms. The average Bonchev–Trinajstić information content (AvgIpc) is 2.64. The van der Waals surface area contributed by atoms with E-state index in [-0.39, 0.29) is 11.8 Å². The molecule has 1 atom stereocenters. The Morgan fingerprint density at radius 3 is 3.00 bits per heavy atom. The van der Waals surface area contributed by atoms with E-state index >= 15 is 0 Å². The summed E-state index contributed by atoms with van der Waals surface area (Å²) in [5, 5.41) is 6.94. The van der Waals surface area contributed by atoms with Gasteiger partial charge in [0.05, 0.1) is 0 Å². The quantitative estimate of drug-likeness (QED) is 0.718. The fourth-order valence-electron chi connectivity index (χ4n) is 1.45. The van der Waals surface area contributed by atoms with Gasteiger partial charge >= 0.3 is 0 Å². The molecule has 0 saturated carbocycles. The lowest BCUT2D eigenvalue weighted by molar-refractivity contribution is -0.121. The van der Waals surface area contributed by atoms with Gasteiger partial charge in [-0.1, -0.05) is 6.92 Å². The number of carbonyl (C=O) groups excluding carboxylic acids is 1. The van der Waals surface area contributed by atoms with Crippen molar-refractivity contribution in [3.8, 4) is 0 Å². The lowest BCUT2D eigenvalue weighted by Gasteiger charge is -2.09. The maximum atomic E-state index is 11.4. The molecule has 0 aliphatic heterocycles. The molecule has 0 radical (unpaired) electrons. The summed E-state index contributed by atoms with van der Waals surface area (Å²) < 4.78 is 1.81. The summed E-state index contributed by atoms with van der Waals surface area (Å²) >= 11 is 0. The minimum absolute atomic E-state index is 0.0696. The number of nitrogens with zero attached hydrogens (tertiary/aromatic N) is 2. The highest BCUT2D eigenvalue weighted by atomic mass is 16.1. The van der Waals surface area contributed by atoms with Crippen LogP contribution in [0.3, 0.4) is 0 Å². The van der Waals surface area contributed by atoms with E-state index in [0.717, 1.165) is 12.1 Å². The van der Waals surface area contributed by atoms with Crippen molar-refractivity contribution in [2.24, 2.45) is 18.7 Å². The minimum Gasteiger partial charge on any atom is -0.356 e. The smallest absolute Gasteiger partial charge is 0.220 e. The van der Waals surface area contributed by atoms with E-state index in [1.165, 1.54) is 0 Å². The van der Waals surface area contributed by atoms with Crippen LogP contribution in [0, 0.1) is 5.92 Å². The minimum atomic E-state index is 0.0696. The number of aryl methyl sites for hydroxylation is 1. The van der Waals surface area contributed by atoms with Gasteiger partial charge in [-0.25, -0.2) is 0 Å². The fraction of sp³-hybridized carbons (Fsp3) is 0.636. The number of nitrogens with one attached hydrogen (secondary N) is 1. The van der Waals surface area contributed by atoms with Gasteiger partial charge in [0, 0.05) is 38.3 Å². The second-order valence-corrected chi connectivity index (χ2v) is 4.09. The molecule has 0 aromatic carbocycles. The molecule has 0 aliphatic rings. The van der Waals surface area contributed by atoms with Crippen LogP contribution in [0.4, 0.5) is 0 Å². The van der Waals surface area contributed by atoms with Gasteiger partial charge in [-0.15, -0.1) is 0 Å². The molecule has 0 fully saturated rings. The lowest BCUT2D eigenvalue weighted by Crippen LogP contribution is -2.29. The third-order valence-corrected chi connectivity index (χ3v) is 2.56. The van der Waals surface area contributed by atoms with E-state index < -0.39 is 0 Å². The second-order valence-electron chi connectivity index (χ2n) is 4.09. The van der Waals surface area contributed by atoms with Gasteiger partial charge in [-0.05, 0) is 18.5 Å². The molecule has 1 heterocycles. The van der Waals surface area contributed by atoms with Crippen molar-refractivity contribution < 1.29 is 4.79 Å². The van der Waals surface area contributed by atoms with Gasteiger partial charge in [-0.2, -0.15) is 5.10 Å². The number of rotatable bonds is 6. The number of aromatic nitrogens is 2. The van der Waals surface area contributed by atoms with Crippen molar-refractivity contribution >= 4 is 5.91 Å². The van der Waals surface area contributed by atoms with Crippen LogP contribution in [0.25, 0.3) is 0 Å². The second kappa shape index (κ2) is 6.27. The zero-order valence-corrected chi connectivity index (χ0v) is 9.94. The summed E-state index contributed by atoms with van der Waals surface area (Å²) in [6, 6.07) is 1.95. The van der Waals surface area contributed by atoms with Crippen LogP contribution >= 0.6 is 0 Å². The molecule has 1 rings (SSSR count). The molecule has 0 saturated heterocycles. The lowest BCUT2D eigenvalue weighted by atomic mass is 10.1. The highest BCUT2D eigenvalue weighted by Crippen LogP contribution is 1.99. The SMILES string of the molecule is CC(CN)CC(=O)NCCc1ccnn1C. The Labute approximate surface area is 96.0 Å². The number of amides is 1. The molecule has 5 nitrogen and oxygen atoms in total. The van der Waals surface area contributed by atoms with Crippen molar-refractivity contribution in [1.82, 2.24) is 15.1 Å². The van der Waals surface area contributed by atoms with Crippen LogP contribution in [-0.4, -0.2) is 28.8 Å². The van der Waals surface area contributed by atoms with E-state index in [9.17, 15) is 4.79 Å². The predicted molar refractivity (Wildman–Crippen MR) is 62.8 cm³/mol. The largest absolute Gasteiger partial charge is 0.356 e. The van der Waals surface area contributed by atoms with E-state index in [4.69, 9.17) is 5.73 Å². The summed E-state index contributed by atoms with van der Waals surface area (Å²) in [4.78, 5) is 11.4. The van der Waals surface area contributed by atoms with Gasteiger partial charge in [0.15, 0.2) is 0 Å². The Kier molecular flexibility index (Phi) is 4.98. The van der Waals surface area contributed by atoms with Crippen LogP contribution in [0.5, 0.6) is 0 Å². The zero-order chi connectivity index (χ0) is 12.0. The van der Waals surface area contributed by atoms with Gasteiger partial charge in [0.2, 0.25) is 5.91 Å². The Morgan fingerprint density at radius 1 is 1.69 bits per heavy atom. The summed E-state index contributed by atoms with van der Waals surface area (Å²) in [5.41, 5.74) is 6.57. The third kappa shape index (κ3) is 4.02. The van der Waals surface area contributed by atoms with Crippen LogP contribution in [0.15, 0.2) is 12.3 Å². The summed E-state index contributed by atoms with van der Waals surface area (Å²) in [6.07, 6.45) is 3.06. The molecule has 3 N–H and O–H groups in total. The van der Waals surface area contributed by atoms with E-state index in [1.807, 2.05) is 24.7 Å². The highest BCUT2D eigenvalue weighted by Gasteiger charge is 2.07. The first kappa shape index (κ1) is 12.7. The number of hydrogen-bond acceptors (Lipinski definition) is 3. The fourth-order valence-corrected chi connectivity index (χ4v) is 1.45. The number of nitrogens with two attached hydrogens (primary N) is 1. The topological polar surface area (TPSA) is 72.9 Å². The van der Waals surface area contributed by atoms with Gasteiger partial charge in [0.25, 0.3) is 0 Å². The molecule has 90 valence electrons. The molecule has 5 heteroatoms. The first-order valence-corrected chi connectivity index (χ1v) is 5.57. The monoisotopic (exact) mass is 224 g/mol. The summed E-state index contributed by atoms with van der Waals surface area (Å²) in [6.45, 7) is 3.17. The zero-order valence-electron chi connectivity index (χ0n) is 9.94. The van der Waals surface area contributed by atoms with Crippen LogP contribution in [0.2, 0.25) is 0 Å². The van der Waals surface area contributed by atoms with Crippen molar-refractivity contribution in [1.29, 1.82) is 0 Å². The van der Waals surface area contributed by atoms with Crippen LogP contribution in [-0.2, 0) is 18.3 Å². The summed E-state index contributed by atoms with van der Waals surface area (Å²) in [5.74, 6) is 0.317. The molecule has 1 aromatic rings. The molecular formula is C11H20N4O. The average molecular weight is 224 g/mol. The van der Waals surface area contributed by atoms with Crippen LogP contribution < -0.4 is 11.1 Å². The standard InChI is InChI=1S/C11H20N4O/c1-9(8-12)7-11(16)13-5-3-10-4-6-14-15(10)2/h4,6,9H,3,5,7-8,12H2,1-2H3,(H,13,16). The van der Waals surface area contributed by atoms with Gasteiger partial charge in [-0.3, -0.25) is 9.48 Å². The van der Waals surface area contributed by atoms with Crippen molar-refractivity contribution in [3.05, 3.63) is 18.0 Å². The summed E-state index contributed by atoms with van der Waals surface area (Å²) in [7, 11) is 1.90. The molecule has 0 bridgehead atoms. The Morgan fingerprint density at radius 2 is 2.44 bits per heavy atom. The van der Waals surface area contributed by atoms with Crippen molar-refractivity contribution in [3.63, 3.8) is 0 Å². The predicted octanol–water partition coefficient (Wildman–Crippen LogP) is 0.0637. The molecule has 0 aliphatic carbocycles. The Balaban J connectivity index is 2.21. The Hall–Kier alpha value is -1.36. The molecule has 1 unspecified atom stereocenters. The number of carbonyl (C=O) groups is 1. The maximum absolute atomic E-state index is 11.4. The van der Waals surface area contributed by atoms with Crippen molar-refractivity contribution in [2.75, 3.05) is 13.1 Å². The highest BCUT2D eigenvalue weighted by molar-refractivity contribution is 5.76. The van der Waals surface area contributed by atoms with E-state index in [2.05, 4.69) is 10.4 Å². The van der Waals surface area contributed by atoms with Gasteiger partial charge in [0.1, 0.15) is 0 Å². The molecular weight excluding hydrogens is 204 g/mol. The Bertz CT molecular complexity index is 334. The van der Waals surface area contributed by atoms with Crippen molar-refractivity contribution in [2.45, 2.75) is 19.8 Å². The normalized spacial score (nSPS) is 12.4. The molecule has 1 amide bonds. The number of hydrogen-bond donors (Lipinski definition) is 2. The molecule has 0 spiro atoms.